The SMILES string of the molecule is CCC(CN)c1nc(-c2ccc(O)c(C(F)(F)F)c2)no1. The number of hydrogen-bond donors (Lipinski definition) is 2. The number of phenols is 1. The summed E-state index contributed by atoms with van der Waals surface area (Å²) in [5.74, 6) is -0.659. The van der Waals surface area contributed by atoms with Crippen LogP contribution >= 0.6 is 0 Å². The molecule has 0 amide bonds. The fourth-order valence-electron chi connectivity index (χ4n) is 1.86. The van der Waals surface area contributed by atoms with Crippen molar-refractivity contribution < 1.29 is 22.8 Å². The van der Waals surface area contributed by atoms with Crippen LogP contribution in [0.15, 0.2) is 22.7 Å². The first-order valence-electron chi connectivity index (χ1n) is 6.31. The smallest absolute Gasteiger partial charge is 0.419 e. The third-order valence-electron chi connectivity index (χ3n) is 3.13. The molecule has 1 heterocycles. The minimum absolute atomic E-state index is 0.0300. The van der Waals surface area contributed by atoms with Crippen molar-refractivity contribution in [2.24, 2.45) is 5.73 Å². The van der Waals surface area contributed by atoms with Gasteiger partial charge in [0, 0.05) is 12.1 Å². The van der Waals surface area contributed by atoms with Crippen LogP contribution in [0.2, 0.25) is 0 Å². The first-order chi connectivity index (χ1) is 9.86. The zero-order valence-corrected chi connectivity index (χ0v) is 11.2. The van der Waals surface area contributed by atoms with E-state index in [-0.39, 0.29) is 23.2 Å². The van der Waals surface area contributed by atoms with Crippen molar-refractivity contribution in [3.63, 3.8) is 0 Å². The lowest BCUT2D eigenvalue weighted by molar-refractivity contribution is -0.138. The van der Waals surface area contributed by atoms with E-state index >= 15 is 0 Å². The van der Waals surface area contributed by atoms with E-state index in [0.717, 1.165) is 12.1 Å². The second kappa shape index (κ2) is 5.72. The number of benzene rings is 1. The van der Waals surface area contributed by atoms with Crippen LogP contribution < -0.4 is 5.73 Å². The van der Waals surface area contributed by atoms with Crippen LogP contribution in [0, 0.1) is 0 Å². The number of nitrogens with zero attached hydrogens (tertiary/aromatic N) is 2. The van der Waals surface area contributed by atoms with E-state index in [0.29, 0.717) is 13.0 Å². The van der Waals surface area contributed by atoms with Crippen molar-refractivity contribution in [2.45, 2.75) is 25.4 Å². The molecule has 114 valence electrons. The highest BCUT2D eigenvalue weighted by Crippen LogP contribution is 2.37. The standard InChI is InChI=1S/C13H14F3N3O2/c1-2-7(6-17)12-18-11(19-21-12)8-3-4-10(20)9(5-8)13(14,15)16/h3-5,7,20H,2,6,17H2,1H3. The van der Waals surface area contributed by atoms with Gasteiger partial charge in [-0.2, -0.15) is 18.2 Å². The summed E-state index contributed by atoms with van der Waals surface area (Å²) in [7, 11) is 0. The molecule has 2 rings (SSSR count). The first-order valence-corrected chi connectivity index (χ1v) is 6.31. The molecular weight excluding hydrogens is 287 g/mol. The number of nitrogens with two attached hydrogens (primary N) is 1. The third kappa shape index (κ3) is 3.15. The maximum absolute atomic E-state index is 12.7. The summed E-state index contributed by atoms with van der Waals surface area (Å²) in [5, 5.41) is 13.0. The van der Waals surface area contributed by atoms with Gasteiger partial charge in [-0.05, 0) is 24.6 Å². The average molecular weight is 301 g/mol. The van der Waals surface area contributed by atoms with Gasteiger partial charge in [-0.3, -0.25) is 0 Å². The molecule has 1 aromatic carbocycles. The summed E-state index contributed by atoms with van der Waals surface area (Å²) >= 11 is 0. The van der Waals surface area contributed by atoms with Gasteiger partial charge in [-0.15, -0.1) is 0 Å². The zero-order valence-electron chi connectivity index (χ0n) is 11.2. The number of phenolic OH excluding ortho intramolecular Hbond substituents is 1. The molecule has 21 heavy (non-hydrogen) atoms. The van der Waals surface area contributed by atoms with Gasteiger partial charge < -0.3 is 15.4 Å². The molecule has 0 spiro atoms. The monoisotopic (exact) mass is 301 g/mol. The molecule has 0 aliphatic rings. The quantitative estimate of drug-likeness (QED) is 0.907. The van der Waals surface area contributed by atoms with Gasteiger partial charge in [-0.1, -0.05) is 12.1 Å². The summed E-state index contributed by atoms with van der Waals surface area (Å²) in [4.78, 5) is 4.07. The van der Waals surface area contributed by atoms with E-state index in [1.165, 1.54) is 6.07 Å². The normalized spacial score (nSPS) is 13.4. The fraction of sp³-hybridized carbons (Fsp3) is 0.385. The van der Waals surface area contributed by atoms with E-state index in [9.17, 15) is 18.3 Å². The molecule has 0 aliphatic heterocycles. The van der Waals surface area contributed by atoms with Crippen LogP contribution in [0.5, 0.6) is 5.75 Å². The summed E-state index contributed by atoms with van der Waals surface area (Å²) < 4.78 is 43.3. The Labute approximate surface area is 118 Å². The van der Waals surface area contributed by atoms with E-state index < -0.39 is 17.5 Å². The molecule has 0 saturated heterocycles. The van der Waals surface area contributed by atoms with Gasteiger partial charge in [0.15, 0.2) is 0 Å². The van der Waals surface area contributed by atoms with Gasteiger partial charge in [0.1, 0.15) is 5.75 Å². The van der Waals surface area contributed by atoms with Gasteiger partial charge in [0.2, 0.25) is 11.7 Å². The van der Waals surface area contributed by atoms with Gasteiger partial charge in [-0.25, -0.2) is 0 Å². The largest absolute Gasteiger partial charge is 0.507 e. The van der Waals surface area contributed by atoms with Crippen LogP contribution in [0.1, 0.15) is 30.7 Å². The number of aromatic hydroxyl groups is 1. The molecule has 5 nitrogen and oxygen atoms in total. The van der Waals surface area contributed by atoms with Crippen molar-refractivity contribution in [1.82, 2.24) is 10.1 Å². The highest BCUT2D eigenvalue weighted by molar-refractivity contribution is 5.58. The second-order valence-corrected chi connectivity index (χ2v) is 4.53. The van der Waals surface area contributed by atoms with E-state index in [2.05, 4.69) is 10.1 Å². The highest BCUT2D eigenvalue weighted by Gasteiger charge is 2.34. The Balaban J connectivity index is 2.39. The van der Waals surface area contributed by atoms with Crippen molar-refractivity contribution in [3.8, 4) is 17.1 Å². The lowest BCUT2D eigenvalue weighted by Crippen LogP contribution is -2.11. The molecule has 1 aromatic heterocycles. The van der Waals surface area contributed by atoms with Gasteiger partial charge in [0.05, 0.1) is 11.5 Å². The van der Waals surface area contributed by atoms with E-state index in [1.54, 1.807) is 0 Å². The Bertz CT molecular complexity index is 621. The molecule has 3 N–H and O–H groups in total. The van der Waals surface area contributed by atoms with Crippen LogP contribution in [0.4, 0.5) is 13.2 Å². The van der Waals surface area contributed by atoms with E-state index in [1.807, 2.05) is 6.92 Å². The van der Waals surface area contributed by atoms with Gasteiger partial charge >= 0.3 is 6.18 Å². The van der Waals surface area contributed by atoms with Crippen LogP contribution in [0.3, 0.4) is 0 Å². The summed E-state index contributed by atoms with van der Waals surface area (Å²) in [6, 6.07) is 3.03. The molecule has 8 heteroatoms. The second-order valence-electron chi connectivity index (χ2n) is 4.53. The maximum Gasteiger partial charge on any atom is 0.419 e. The Morgan fingerprint density at radius 2 is 2.10 bits per heavy atom. The van der Waals surface area contributed by atoms with Crippen molar-refractivity contribution in [3.05, 3.63) is 29.7 Å². The predicted molar refractivity (Wildman–Crippen MR) is 68.5 cm³/mol. The topological polar surface area (TPSA) is 85.2 Å². The molecule has 0 radical (unpaired) electrons. The number of alkyl halides is 3. The first kappa shape index (κ1) is 15.3. The van der Waals surface area contributed by atoms with Crippen molar-refractivity contribution in [2.75, 3.05) is 6.54 Å². The number of aromatic nitrogens is 2. The van der Waals surface area contributed by atoms with Crippen LogP contribution in [-0.4, -0.2) is 21.8 Å². The van der Waals surface area contributed by atoms with Crippen molar-refractivity contribution in [1.29, 1.82) is 0 Å². The van der Waals surface area contributed by atoms with Crippen LogP contribution in [0.25, 0.3) is 11.4 Å². The molecular formula is C13H14F3N3O2. The number of hydrogen-bond acceptors (Lipinski definition) is 5. The summed E-state index contributed by atoms with van der Waals surface area (Å²) in [5.41, 5.74) is 4.53. The van der Waals surface area contributed by atoms with Crippen molar-refractivity contribution >= 4 is 0 Å². The lowest BCUT2D eigenvalue weighted by atomic mass is 10.1. The molecule has 1 atom stereocenters. The highest BCUT2D eigenvalue weighted by atomic mass is 19.4. The average Bonchev–Trinajstić information content (AvgIpc) is 2.89. The molecule has 0 fully saturated rings. The Morgan fingerprint density at radius 1 is 1.38 bits per heavy atom. The lowest BCUT2D eigenvalue weighted by Gasteiger charge is -2.09. The molecule has 2 aromatic rings. The molecule has 0 saturated carbocycles. The number of rotatable bonds is 4. The zero-order chi connectivity index (χ0) is 15.6. The minimum atomic E-state index is -4.66. The maximum atomic E-state index is 12.7. The minimum Gasteiger partial charge on any atom is -0.507 e. The van der Waals surface area contributed by atoms with Crippen LogP contribution in [-0.2, 0) is 6.18 Å². The van der Waals surface area contributed by atoms with Gasteiger partial charge in [0.25, 0.3) is 0 Å². The predicted octanol–water partition coefficient (Wildman–Crippen LogP) is 2.91. The third-order valence-corrected chi connectivity index (χ3v) is 3.13. The molecule has 0 aliphatic carbocycles. The summed E-state index contributed by atoms with van der Waals surface area (Å²) in [6.07, 6.45) is -3.97. The summed E-state index contributed by atoms with van der Waals surface area (Å²) in [6.45, 7) is 2.20. The fourth-order valence-corrected chi connectivity index (χ4v) is 1.86. The number of halogens is 3. The Kier molecular flexibility index (Phi) is 4.17. The van der Waals surface area contributed by atoms with E-state index in [4.69, 9.17) is 10.3 Å². The Morgan fingerprint density at radius 3 is 2.67 bits per heavy atom. The molecule has 1 unspecified atom stereocenters. The molecule has 0 bridgehead atoms. The Hall–Kier alpha value is -2.09.